The van der Waals surface area contributed by atoms with Gasteiger partial charge in [0.25, 0.3) is 11.8 Å². The number of amides is 2. The lowest BCUT2D eigenvalue weighted by Gasteiger charge is -2.09. The van der Waals surface area contributed by atoms with Gasteiger partial charge in [-0.3, -0.25) is 14.6 Å². The quantitative estimate of drug-likeness (QED) is 0.673. The summed E-state index contributed by atoms with van der Waals surface area (Å²) in [6.45, 7) is 0.201. The predicted molar refractivity (Wildman–Crippen MR) is 88.9 cm³/mol. The largest absolute Gasteiger partial charge is 0.467 e. The van der Waals surface area contributed by atoms with E-state index < -0.39 is 11.8 Å². The number of pyridine rings is 1. The molecule has 3 aromatic heterocycles. The molecule has 0 aromatic carbocycles. The first-order valence-corrected chi connectivity index (χ1v) is 7.49. The Morgan fingerprint density at radius 2 is 1.92 bits per heavy atom. The highest BCUT2D eigenvalue weighted by Crippen LogP contribution is 2.07. The van der Waals surface area contributed by atoms with Crippen LogP contribution in [0.15, 0.2) is 75.8 Å². The first kappa shape index (κ1) is 16.3. The summed E-state index contributed by atoms with van der Waals surface area (Å²) >= 11 is 0. The van der Waals surface area contributed by atoms with Crippen LogP contribution >= 0.6 is 0 Å². The minimum atomic E-state index is -0.520. The molecule has 7 heteroatoms. The molecular weight excluding hydrogens is 322 g/mol. The van der Waals surface area contributed by atoms with Crippen LogP contribution in [0.5, 0.6) is 0 Å². The number of rotatable bonds is 6. The van der Waals surface area contributed by atoms with Crippen LogP contribution in [0.4, 0.5) is 0 Å². The fraction of sp³-hybridized carbons (Fsp3) is 0.0556. The van der Waals surface area contributed by atoms with E-state index >= 15 is 0 Å². The van der Waals surface area contributed by atoms with Crippen molar-refractivity contribution in [1.82, 2.24) is 15.6 Å². The van der Waals surface area contributed by atoms with Crippen LogP contribution in [-0.2, 0) is 11.3 Å². The number of hydrogen-bond donors (Lipinski definition) is 2. The van der Waals surface area contributed by atoms with E-state index in [0.29, 0.717) is 11.3 Å². The monoisotopic (exact) mass is 337 g/mol. The molecule has 0 spiro atoms. The third-order valence-electron chi connectivity index (χ3n) is 3.24. The second-order valence-electron chi connectivity index (χ2n) is 5.04. The van der Waals surface area contributed by atoms with Crippen molar-refractivity contribution in [3.8, 4) is 0 Å². The van der Waals surface area contributed by atoms with Gasteiger partial charge in [0.15, 0.2) is 5.76 Å². The van der Waals surface area contributed by atoms with E-state index in [1.807, 2.05) is 0 Å². The summed E-state index contributed by atoms with van der Waals surface area (Å²) in [6, 6.07) is 10.1. The molecule has 0 aliphatic carbocycles. The summed E-state index contributed by atoms with van der Waals surface area (Å²) in [4.78, 5) is 28.6. The Bertz CT molecular complexity index is 853. The van der Waals surface area contributed by atoms with Crippen LogP contribution in [0.2, 0.25) is 0 Å². The Hall–Kier alpha value is -3.61. The van der Waals surface area contributed by atoms with Crippen LogP contribution in [0.3, 0.4) is 0 Å². The van der Waals surface area contributed by atoms with Gasteiger partial charge in [-0.25, -0.2) is 0 Å². The molecule has 3 heterocycles. The molecule has 0 aliphatic rings. The first-order chi connectivity index (χ1) is 12.2. The normalized spacial score (nSPS) is 11.1. The third kappa shape index (κ3) is 4.44. The molecule has 2 N–H and O–H groups in total. The Labute approximate surface area is 143 Å². The second-order valence-corrected chi connectivity index (χ2v) is 5.04. The van der Waals surface area contributed by atoms with Gasteiger partial charge in [-0.1, -0.05) is 6.07 Å². The van der Waals surface area contributed by atoms with Crippen molar-refractivity contribution >= 4 is 17.9 Å². The van der Waals surface area contributed by atoms with E-state index in [9.17, 15) is 9.59 Å². The lowest BCUT2D eigenvalue weighted by atomic mass is 10.2. The van der Waals surface area contributed by atoms with E-state index in [1.54, 1.807) is 42.7 Å². The van der Waals surface area contributed by atoms with Crippen LogP contribution in [0.25, 0.3) is 6.08 Å². The molecule has 0 unspecified atom stereocenters. The molecule has 3 rings (SSSR count). The van der Waals surface area contributed by atoms with Gasteiger partial charge in [0.2, 0.25) is 0 Å². The van der Waals surface area contributed by atoms with Crippen LogP contribution in [0, 0.1) is 0 Å². The van der Waals surface area contributed by atoms with Crippen molar-refractivity contribution in [2.75, 3.05) is 0 Å². The molecule has 0 saturated heterocycles. The second kappa shape index (κ2) is 7.78. The molecule has 0 fully saturated rings. The van der Waals surface area contributed by atoms with Crippen molar-refractivity contribution in [2.45, 2.75) is 6.54 Å². The van der Waals surface area contributed by atoms with Crippen molar-refractivity contribution in [3.05, 3.63) is 84.1 Å². The Balaban J connectivity index is 1.77. The van der Waals surface area contributed by atoms with Gasteiger partial charge >= 0.3 is 0 Å². The van der Waals surface area contributed by atoms with Crippen molar-refractivity contribution in [2.24, 2.45) is 0 Å². The Morgan fingerprint density at radius 1 is 1.08 bits per heavy atom. The minimum Gasteiger partial charge on any atom is -0.467 e. The summed E-state index contributed by atoms with van der Waals surface area (Å²) in [6.07, 6.45) is 7.64. The minimum absolute atomic E-state index is 0.0703. The molecule has 0 saturated carbocycles. The molecule has 3 aromatic rings. The average molecular weight is 337 g/mol. The molecule has 0 atom stereocenters. The molecule has 25 heavy (non-hydrogen) atoms. The molecule has 0 bridgehead atoms. The highest BCUT2D eigenvalue weighted by atomic mass is 16.3. The SMILES string of the molecule is O=C(NCc1ccco1)/C(=C\c1cccnc1)NC(=O)c1ccco1. The molecular formula is C18H15N3O4. The summed E-state index contributed by atoms with van der Waals surface area (Å²) in [5.74, 6) is -0.268. The molecule has 126 valence electrons. The molecule has 0 aliphatic heterocycles. The van der Waals surface area contributed by atoms with E-state index in [2.05, 4.69) is 15.6 Å². The number of carbonyl (C=O) groups excluding carboxylic acids is 2. The van der Waals surface area contributed by atoms with Crippen molar-refractivity contribution < 1.29 is 18.4 Å². The zero-order valence-corrected chi connectivity index (χ0v) is 13.1. The van der Waals surface area contributed by atoms with E-state index in [4.69, 9.17) is 8.83 Å². The van der Waals surface area contributed by atoms with Crippen LogP contribution < -0.4 is 10.6 Å². The maximum absolute atomic E-state index is 12.5. The average Bonchev–Trinajstić information content (AvgIpc) is 3.33. The van der Waals surface area contributed by atoms with Crippen LogP contribution in [0.1, 0.15) is 21.9 Å². The first-order valence-electron chi connectivity index (χ1n) is 7.49. The van der Waals surface area contributed by atoms with Crippen molar-refractivity contribution in [3.63, 3.8) is 0 Å². The van der Waals surface area contributed by atoms with E-state index in [1.165, 1.54) is 24.7 Å². The number of aromatic nitrogens is 1. The number of nitrogens with one attached hydrogen (secondary N) is 2. The van der Waals surface area contributed by atoms with Crippen LogP contribution in [-0.4, -0.2) is 16.8 Å². The summed E-state index contributed by atoms with van der Waals surface area (Å²) in [7, 11) is 0. The number of nitrogens with zero attached hydrogens (tertiary/aromatic N) is 1. The van der Waals surface area contributed by atoms with Gasteiger partial charge in [0.1, 0.15) is 11.5 Å². The zero-order valence-electron chi connectivity index (χ0n) is 13.1. The van der Waals surface area contributed by atoms with E-state index in [-0.39, 0.29) is 18.0 Å². The number of carbonyl (C=O) groups is 2. The lowest BCUT2D eigenvalue weighted by molar-refractivity contribution is -0.118. The fourth-order valence-corrected chi connectivity index (χ4v) is 2.05. The predicted octanol–water partition coefficient (Wildman–Crippen LogP) is 2.35. The number of hydrogen-bond acceptors (Lipinski definition) is 5. The van der Waals surface area contributed by atoms with Gasteiger partial charge < -0.3 is 19.5 Å². The van der Waals surface area contributed by atoms with Gasteiger partial charge in [-0.05, 0) is 42.0 Å². The van der Waals surface area contributed by atoms with Gasteiger partial charge in [0, 0.05) is 12.4 Å². The molecule has 2 amide bonds. The lowest BCUT2D eigenvalue weighted by Crippen LogP contribution is -2.34. The maximum atomic E-state index is 12.5. The summed E-state index contributed by atoms with van der Waals surface area (Å²) < 4.78 is 10.2. The van der Waals surface area contributed by atoms with Gasteiger partial charge in [-0.15, -0.1) is 0 Å². The van der Waals surface area contributed by atoms with Gasteiger partial charge in [-0.2, -0.15) is 0 Å². The van der Waals surface area contributed by atoms with Gasteiger partial charge in [0.05, 0.1) is 19.1 Å². The summed E-state index contributed by atoms with van der Waals surface area (Å²) in [5.41, 5.74) is 0.742. The Morgan fingerprint density at radius 3 is 2.60 bits per heavy atom. The fourth-order valence-electron chi connectivity index (χ4n) is 2.05. The maximum Gasteiger partial charge on any atom is 0.291 e. The number of furan rings is 2. The summed E-state index contributed by atoms with van der Waals surface area (Å²) in [5, 5.41) is 5.25. The topological polar surface area (TPSA) is 97.4 Å². The smallest absolute Gasteiger partial charge is 0.291 e. The van der Waals surface area contributed by atoms with E-state index in [0.717, 1.165) is 0 Å². The molecule has 7 nitrogen and oxygen atoms in total. The Kier molecular flexibility index (Phi) is 5.06. The molecule has 0 radical (unpaired) electrons. The standard InChI is InChI=1S/C18H15N3O4/c22-17(20-12-14-5-2-8-24-14)15(10-13-4-1-7-19-11-13)21-18(23)16-6-3-9-25-16/h1-11H,12H2,(H,20,22)(H,21,23)/b15-10+. The highest BCUT2D eigenvalue weighted by Gasteiger charge is 2.16. The third-order valence-corrected chi connectivity index (χ3v) is 3.24. The highest BCUT2D eigenvalue weighted by molar-refractivity contribution is 6.04. The zero-order chi connectivity index (χ0) is 17.5. The van der Waals surface area contributed by atoms with Crippen molar-refractivity contribution in [1.29, 1.82) is 0 Å².